The van der Waals surface area contributed by atoms with Gasteiger partial charge in [-0.15, -0.1) is 0 Å². The van der Waals surface area contributed by atoms with Crippen molar-refractivity contribution in [2.75, 3.05) is 27.4 Å². The summed E-state index contributed by atoms with van der Waals surface area (Å²) < 4.78 is 12.6. The lowest BCUT2D eigenvalue weighted by molar-refractivity contribution is -0.384. The molecular weight excluding hydrogens is 516 g/mol. The largest absolute Gasteiger partial charge is 0.497 e. The number of benzene rings is 3. The van der Waals surface area contributed by atoms with Crippen LogP contribution in [0.25, 0.3) is 17.0 Å². The van der Waals surface area contributed by atoms with E-state index in [0.29, 0.717) is 29.8 Å². The number of amides is 1. The van der Waals surface area contributed by atoms with Crippen molar-refractivity contribution < 1.29 is 19.2 Å². The molecular formula is C29H26N4O5S. The van der Waals surface area contributed by atoms with Gasteiger partial charge in [0.05, 0.1) is 35.8 Å². The first-order valence-electron chi connectivity index (χ1n) is 12.2. The molecule has 0 spiro atoms. The second-order valence-corrected chi connectivity index (χ2v) is 9.81. The predicted molar refractivity (Wildman–Crippen MR) is 153 cm³/mol. The van der Waals surface area contributed by atoms with Gasteiger partial charge < -0.3 is 14.0 Å². The van der Waals surface area contributed by atoms with Crippen LogP contribution in [-0.2, 0) is 16.1 Å². The van der Waals surface area contributed by atoms with Crippen molar-refractivity contribution in [2.24, 2.45) is 4.99 Å². The molecule has 0 unspecified atom stereocenters. The van der Waals surface area contributed by atoms with Crippen molar-refractivity contribution in [1.82, 2.24) is 9.47 Å². The topological polar surface area (TPSA) is 99.2 Å². The lowest BCUT2D eigenvalue weighted by atomic mass is 10.1. The predicted octanol–water partition coefficient (Wildman–Crippen LogP) is 5.86. The third kappa shape index (κ3) is 5.71. The maximum atomic E-state index is 13.5. The van der Waals surface area contributed by atoms with Gasteiger partial charge in [0.1, 0.15) is 5.75 Å². The number of thioether (sulfide) groups is 1. The summed E-state index contributed by atoms with van der Waals surface area (Å²) in [4.78, 5) is 31.0. The molecule has 0 atom stereocenters. The molecule has 1 aliphatic rings. The van der Waals surface area contributed by atoms with Crippen molar-refractivity contribution in [3.8, 4) is 5.75 Å². The van der Waals surface area contributed by atoms with Crippen molar-refractivity contribution in [3.63, 3.8) is 0 Å². The molecule has 3 aromatic carbocycles. The van der Waals surface area contributed by atoms with Gasteiger partial charge in [0.25, 0.3) is 11.6 Å². The second kappa shape index (κ2) is 11.5. The van der Waals surface area contributed by atoms with Crippen LogP contribution in [0.1, 0.15) is 11.1 Å². The number of nitro groups is 1. The lowest BCUT2D eigenvalue weighted by Gasteiger charge is -2.14. The summed E-state index contributed by atoms with van der Waals surface area (Å²) in [5, 5.41) is 12.6. The molecule has 10 heteroatoms. The standard InChI is InChI=1S/C29H26N4O5S/c1-37-16-15-32-28(34)27(39-29(32)30-22-9-13-24(38-2)14-10-22)17-21-19-31(26-6-4-3-5-25(21)26)18-20-7-11-23(12-8-20)33(35)36/h3-14,17,19H,15-16,18H2,1-2H3/b27-17+,30-29?. The van der Waals surface area contributed by atoms with Crippen LogP contribution < -0.4 is 4.74 Å². The fourth-order valence-electron chi connectivity index (χ4n) is 4.32. The highest BCUT2D eigenvalue weighted by molar-refractivity contribution is 8.18. The van der Waals surface area contributed by atoms with Gasteiger partial charge in [-0.1, -0.05) is 30.3 Å². The van der Waals surface area contributed by atoms with Gasteiger partial charge in [-0.05, 0) is 53.7 Å². The molecule has 1 aromatic heterocycles. The van der Waals surface area contributed by atoms with Crippen molar-refractivity contribution in [1.29, 1.82) is 0 Å². The van der Waals surface area contributed by atoms with E-state index in [9.17, 15) is 14.9 Å². The Morgan fingerprint density at radius 1 is 1.03 bits per heavy atom. The van der Waals surface area contributed by atoms with Gasteiger partial charge in [-0.25, -0.2) is 4.99 Å². The number of rotatable bonds is 9. The van der Waals surface area contributed by atoms with E-state index in [4.69, 9.17) is 14.5 Å². The van der Waals surface area contributed by atoms with E-state index in [1.54, 1.807) is 31.3 Å². The van der Waals surface area contributed by atoms with Crippen molar-refractivity contribution >= 4 is 51.2 Å². The zero-order valence-corrected chi connectivity index (χ0v) is 22.3. The number of fused-ring (bicyclic) bond motifs is 1. The molecule has 0 saturated carbocycles. The van der Waals surface area contributed by atoms with E-state index < -0.39 is 4.92 Å². The number of ether oxygens (including phenoxy) is 2. The molecule has 5 rings (SSSR count). The molecule has 0 radical (unpaired) electrons. The quantitative estimate of drug-likeness (QED) is 0.149. The van der Waals surface area contributed by atoms with Crippen LogP contribution in [0.3, 0.4) is 0 Å². The van der Waals surface area contributed by atoms with Crippen LogP contribution in [0.2, 0.25) is 0 Å². The van der Waals surface area contributed by atoms with E-state index in [1.807, 2.05) is 60.8 Å². The molecule has 1 fully saturated rings. The Morgan fingerprint density at radius 3 is 2.46 bits per heavy atom. The summed E-state index contributed by atoms with van der Waals surface area (Å²) in [6.45, 7) is 1.30. The third-order valence-electron chi connectivity index (χ3n) is 6.31. The summed E-state index contributed by atoms with van der Waals surface area (Å²) in [6, 6.07) is 21.9. The van der Waals surface area contributed by atoms with Crippen LogP contribution >= 0.6 is 11.8 Å². The van der Waals surface area contributed by atoms with Gasteiger partial charge in [0.2, 0.25) is 0 Å². The maximum Gasteiger partial charge on any atom is 0.269 e. The first-order valence-corrected chi connectivity index (χ1v) is 13.0. The Kier molecular flexibility index (Phi) is 7.76. The van der Waals surface area contributed by atoms with Gasteiger partial charge >= 0.3 is 0 Å². The molecule has 1 amide bonds. The minimum atomic E-state index is -0.405. The SMILES string of the molecule is COCCN1C(=O)/C(=C\c2cn(Cc3ccc([N+](=O)[O-])cc3)c3ccccc23)SC1=Nc1ccc(OC)cc1. The smallest absolute Gasteiger partial charge is 0.269 e. The summed E-state index contributed by atoms with van der Waals surface area (Å²) in [5.74, 6) is 0.604. The Morgan fingerprint density at radius 2 is 1.77 bits per heavy atom. The zero-order valence-electron chi connectivity index (χ0n) is 21.4. The van der Waals surface area contributed by atoms with Gasteiger partial charge in [-0.3, -0.25) is 19.8 Å². The van der Waals surface area contributed by atoms with Gasteiger partial charge in [0.15, 0.2) is 5.17 Å². The number of aromatic nitrogens is 1. The number of nitrogens with zero attached hydrogens (tertiary/aromatic N) is 4. The summed E-state index contributed by atoms with van der Waals surface area (Å²) in [6.07, 6.45) is 3.91. The zero-order chi connectivity index (χ0) is 27.4. The van der Waals surface area contributed by atoms with E-state index in [0.717, 1.165) is 33.5 Å². The van der Waals surface area contributed by atoms with Crippen molar-refractivity contribution in [2.45, 2.75) is 6.54 Å². The number of carbonyl (C=O) groups excluding carboxylic acids is 1. The monoisotopic (exact) mass is 542 g/mol. The summed E-state index contributed by atoms with van der Waals surface area (Å²) >= 11 is 1.33. The van der Waals surface area contributed by atoms with Crippen LogP contribution in [-0.4, -0.2) is 52.8 Å². The molecule has 4 aromatic rings. The molecule has 1 saturated heterocycles. The highest BCUT2D eigenvalue weighted by atomic mass is 32.2. The molecule has 0 bridgehead atoms. The molecule has 9 nitrogen and oxygen atoms in total. The number of amidine groups is 1. The summed E-state index contributed by atoms with van der Waals surface area (Å²) in [5.41, 5.74) is 3.62. The summed E-state index contributed by atoms with van der Waals surface area (Å²) in [7, 11) is 3.21. The van der Waals surface area contributed by atoms with E-state index in [2.05, 4.69) is 4.57 Å². The first-order chi connectivity index (χ1) is 19.0. The average Bonchev–Trinajstić information content (AvgIpc) is 3.44. The molecule has 39 heavy (non-hydrogen) atoms. The van der Waals surface area contributed by atoms with Crippen LogP contribution in [0, 0.1) is 10.1 Å². The van der Waals surface area contributed by atoms with E-state index in [1.165, 1.54) is 23.9 Å². The third-order valence-corrected chi connectivity index (χ3v) is 7.32. The number of para-hydroxylation sites is 1. The number of methoxy groups -OCH3 is 2. The van der Waals surface area contributed by atoms with Gasteiger partial charge in [0, 0.05) is 48.5 Å². The van der Waals surface area contributed by atoms with E-state index in [-0.39, 0.29) is 11.6 Å². The van der Waals surface area contributed by atoms with Crippen LogP contribution in [0.5, 0.6) is 5.75 Å². The minimum Gasteiger partial charge on any atom is -0.497 e. The second-order valence-electron chi connectivity index (χ2n) is 8.81. The molecule has 2 heterocycles. The Balaban J connectivity index is 1.48. The number of aliphatic imine (C=N–C) groups is 1. The Bertz CT molecular complexity index is 1580. The Hall–Kier alpha value is -4.41. The fourth-order valence-corrected chi connectivity index (χ4v) is 5.34. The van der Waals surface area contributed by atoms with E-state index >= 15 is 0 Å². The molecule has 0 N–H and O–H groups in total. The minimum absolute atomic E-state index is 0.0587. The first kappa shape index (κ1) is 26.2. The lowest BCUT2D eigenvalue weighted by Crippen LogP contribution is -2.32. The molecule has 1 aliphatic heterocycles. The van der Waals surface area contributed by atoms with Crippen molar-refractivity contribution in [3.05, 3.63) is 105 Å². The number of hydrogen-bond donors (Lipinski definition) is 0. The van der Waals surface area contributed by atoms with Crippen LogP contribution in [0.4, 0.5) is 11.4 Å². The number of non-ortho nitro benzene ring substituents is 1. The van der Waals surface area contributed by atoms with Crippen LogP contribution in [0.15, 0.2) is 88.9 Å². The highest BCUT2D eigenvalue weighted by Gasteiger charge is 2.33. The maximum absolute atomic E-state index is 13.5. The Labute approximate surface area is 229 Å². The van der Waals surface area contributed by atoms with Gasteiger partial charge in [-0.2, -0.15) is 0 Å². The number of nitro benzene ring substituents is 1. The molecule has 198 valence electrons. The fraction of sp³-hybridized carbons (Fsp3) is 0.172. The number of hydrogen-bond acceptors (Lipinski definition) is 7. The molecule has 0 aliphatic carbocycles. The highest BCUT2D eigenvalue weighted by Crippen LogP contribution is 2.36. The average molecular weight is 543 g/mol. The number of carbonyl (C=O) groups is 1. The normalized spacial score (nSPS) is 15.5.